The average Bonchev–Trinajstić information content (AvgIpc) is 2.81. The summed E-state index contributed by atoms with van der Waals surface area (Å²) in [7, 11) is 2.11. The van der Waals surface area contributed by atoms with Crippen molar-refractivity contribution in [1.29, 1.82) is 0 Å². The Kier molecular flexibility index (Phi) is 5.81. The standard InChI is InChI=1S/C22H26FN/c1-24(15-7-11-20-9-5-6-12-22(20)23)17-18-13-14-19-8-3-2-4-10-21(19)16-18/h5-7,9,11-14,16H,2-4,8,10,15,17H2,1H3/b11-7+. The van der Waals surface area contributed by atoms with Crippen molar-refractivity contribution in [3.05, 3.63) is 76.6 Å². The average molecular weight is 323 g/mol. The largest absolute Gasteiger partial charge is 0.298 e. The third kappa shape index (κ3) is 4.55. The monoisotopic (exact) mass is 323 g/mol. The van der Waals surface area contributed by atoms with E-state index in [9.17, 15) is 4.39 Å². The lowest BCUT2D eigenvalue weighted by atomic mass is 10.00. The van der Waals surface area contributed by atoms with E-state index in [1.54, 1.807) is 23.3 Å². The van der Waals surface area contributed by atoms with E-state index < -0.39 is 0 Å². The summed E-state index contributed by atoms with van der Waals surface area (Å²) in [5.41, 5.74) is 5.10. The fraction of sp³-hybridized carbons (Fsp3) is 0.364. The van der Waals surface area contributed by atoms with Gasteiger partial charge in [-0.25, -0.2) is 4.39 Å². The molecule has 0 spiro atoms. The van der Waals surface area contributed by atoms with Gasteiger partial charge in [-0.3, -0.25) is 4.90 Å². The van der Waals surface area contributed by atoms with Gasteiger partial charge in [0.2, 0.25) is 0 Å². The van der Waals surface area contributed by atoms with Crippen molar-refractivity contribution in [3.63, 3.8) is 0 Å². The van der Waals surface area contributed by atoms with Gasteiger partial charge in [0.15, 0.2) is 0 Å². The minimum Gasteiger partial charge on any atom is -0.298 e. The lowest BCUT2D eigenvalue weighted by molar-refractivity contribution is 0.364. The molecule has 1 nitrogen and oxygen atoms in total. The molecule has 0 N–H and O–H groups in total. The summed E-state index contributed by atoms with van der Waals surface area (Å²) in [5.74, 6) is -0.165. The molecule has 0 bridgehead atoms. The van der Waals surface area contributed by atoms with Gasteiger partial charge >= 0.3 is 0 Å². The second-order valence-corrected chi connectivity index (χ2v) is 6.78. The number of hydrogen-bond donors (Lipinski definition) is 0. The fourth-order valence-electron chi connectivity index (χ4n) is 3.41. The SMILES string of the molecule is CN(C/C=C/c1ccccc1F)Cc1ccc2c(c1)CCCCC2. The summed E-state index contributed by atoms with van der Waals surface area (Å²) in [4.78, 5) is 2.26. The van der Waals surface area contributed by atoms with Crippen LogP contribution in [0.5, 0.6) is 0 Å². The van der Waals surface area contributed by atoms with Crippen molar-refractivity contribution in [3.8, 4) is 0 Å². The Morgan fingerprint density at radius 2 is 1.79 bits per heavy atom. The van der Waals surface area contributed by atoms with E-state index in [-0.39, 0.29) is 5.82 Å². The molecule has 0 saturated heterocycles. The summed E-state index contributed by atoms with van der Waals surface area (Å²) in [6, 6.07) is 13.9. The number of nitrogens with zero attached hydrogens (tertiary/aromatic N) is 1. The van der Waals surface area contributed by atoms with Crippen LogP contribution in [-0.2, 0) is 19.4 Å². The van der Waals surface area contributed by atoms with Crippen molar-refractivity contribution >= 4 is 6.08 Å². The van der Waals surface area contributed by atoms with Gasteiger partial charge in [0.05, 0.1) is 0 Å². The molecule has 0 aromatic heterocycles. The molecule has 1 aliphatic carbocycles. The molecule has 0 heterocycles. The second-order valence-electron chi connectivity index (χ2n) is 6.78. The van der Waals surface area contributed by atoms with E-state index in [0.29, 0.717) is 5.56 Å². The van der Waals surface area contributed by atoms with Gasteiger partial charge in [-0.1, -0.05) is 55.0 Å². The van der Waals surface area contributed by atoms with E-state index in [2.05, 4.69) is 30.1 Å². The zero-order valence-corrected chi connectivity index (χ0v) is 14.5. The molecule has 1 aliphatic rings. The first-order chi connectivity index (χ1) is 11.7. The molecule has 3 rings (SSSR count). The van der Waals surface area contributed by atoms with Crippen LogP contribution in [0.2, 0.25) is 0 Å². The van der Waals surface area contributed by atoms with Crippen molar-refractivity contribution in [2.45, 2.75) is 38.6 Å². The number of aryl methyl sites for hydroxylation is 2. The van der Waals surface area contributed by atoms with Gasteiger partial charge in [-0.2, -0.15) is 0 Å². The highest BCUT2D eigenvalue weighted by Crippen LogP contribution is 2.22. The number of hydrogen-bond acceptors (Lipinski definition) is 1. The number of benzene rings is 2. The fourth-order valence-corrected chi connectivity index (χ4v) is 3.41. The molecule has 2 heteroatoms. The van der Waals surface area contributed by atoms with Gasteiger partial charge in [-0.15, -0.1) is 0 Å². The molecular formula is C22H26FN. The lowest BCUT2D eigenvalue weighted by Crippen LogP contribution is -2.17. The predicted molar refractivity (Wildman–Crippen MR) is 99.5 cm³/mol. The van der Waals surface area contributed by atoms with Gasteiger partial charge in [0.1, 0.15) is 5.82 Å². The van der Waals surface area contributed by atoms with Crippen LogP contribution < -0.4 is 0 Å². The van der Waals surface area contributed by atoms with Gasteiger partial charge in [0.25, 0.3) is 0 Å². The van der Waals surface area contributed by atoms with Crippen LogP contribution in [0.4, 0.5) is 4.39 Å². The van der Waals surface area contributed by atoms with Crippen LogP contribution in [0.15, 0.2) is 48.5 Å². The first kappa shape index (κ1) is 16.9. The molecule has 0 amide bonds. The Balaban J connectivity index is 1.58. The predicted octanol–water partition coefficient (Wildman–Crippen LogP) is 5.24. The minimum absolute atomic E-state index is 0.165. The third-order valence-corrected chi connectivity index (χ3v) is 4.74. The van der Waals surface area contributed by atoms with Crippen LogP contribution in [0.1, 0.15) is 41.5 Å². The van der Waals surface area contributed by atoms with Gasteiger partial charge in [0, 0.05) is 18.7 Å². The van der Waals surface area contributed by atoms with Crippen LogP contribution in [0, 0.1) is 5.82 Å². The van der Waals surface area contributed by atoms with Crippen molar-refractivity contribution in [2.75, 3.05) is 13.6 Å². The van der Waals surface area contributed by atoms with Crippen molar-refractivity contribution in [2.24, 2.45) is 0 Å². The number of halogens is 1. The number of fused-ring (bicyclic) bond motifs is 1. The maximum atomic E-state index is 13.6. The van der Waals surface area contributed by atoms with E-state index in [1.165, 1.54) is 43.7 Å². The molecule has 126 valence electrons. The van der Waals surface area contributed by atoms with E-state index >= 15 is 0 Å². The zero-order valence-electron chi connectivity index (χ0n) is 14.5. The van der Waals surface area contributed by atoms with Gasteiger partial charge < -0.3 is 0 Å². The van der Waals surface area contributed by atoms with E-state index in [0.717, 1.165) is 13.1 Å². The molecule has 0 atom stereocenters. The molecule has 2 aromatic rings. The summed E-state index contributed by atoms with van der Waals surface area (Å²) in [5, 5.41) is 0. The Morgan fingerprint density at radius 1 is 1.00 bits per heavy atom. The normalized spacial score (nSPS) is 14.8. The van der Waals surface area contributed by atoms with E-state index in [1.807, 2.05) is 18.2 Å². The van der Waals surface area contributed by atoms with Crippen LogP contribution in [0.3, 0.4) is 0 Å². The summed E-state index contributed by atoms with van der Waals surface area (Å²) in [6.07, 6.45) is 10.3. The number of likely N-dealkylation sites (N-methyl/N-ethyl adjacent to an activating group) is 1. The smallest absolute Gasteiger partial charge is 0.130 e. The Hall–Kier alpha value is -1.93. The summed E-state index contributed by atoms with van der Waals surface area (Å²) >= 11 is 0. The molecule has 0 saturated carbocycles. The Morgan fingerprint density at radius 3 is 2.62 bits per heavy atom. The maximum Gasteiger partial charge on any atom is 0.130 e. The van der Waals surface area contributed by atoms with Crippen molar-refractivity contribution in [1.82, 2.24) is 4.90 Å². The summed E-state index contributed by atoms with van der Waals surface area (Å²) < 4.78 is 13.6. The number of rotatable bonds is 5. The third-order valence-electron chi connectivity index (χ3n) is 4.74. The maximum absolute atomic E-state index is 13.6. The quantitative estimate of drug-likeness (QED) is 0.680. The van der Waals surface area contributed by atoms with Crippen molar-refractivity contribution < 1.29 is 4.39 Å². The topological polar surface area (TPSA) is 3.24 Å². The highest BCUT2D eigenvalue weighted by Gasteiger charge is 2.09. The first-order valence-corrected chi connectivity index (χ1v) is 8.92. The highest BCUT2D eigenvalue weighted by molar-refractivity contribution is 5.49. The molecule has 0 aliphatic heterocycles. The Bertz CT molecular complexity index is 705. The molecular weight excluding hydrogens is 297 g/mol. The van der Waals surface area contributed by atoms with Gasteiger partial charge in [-0.05, 0) is 55.5 Å². The molecule has 24 heavy (non-hydrogen) atoms. The molecule has 0 unspecified atom stereocenters. The second kappa shape index (κ2) is 8.25. The van der Waals surface area contributed by atoms with Crippen LogP contribution >= 0.6 is 0 Å². The van der Waals surface area contributed by atoms with Crippen LogP contribution in [0.25, 0.3) is 6.08 Å². The highest BCUT2D eigenvalue weighted by atomic mass is 19.1. The molecule has 2 aromatic carbocycles. The molecule has 0 fully saturated rings. The minimum atomic E-state index is -0.165. The summed E-state index contributed by atoms with van der Waals surface area (Å²) in [6.45, 7) is 1.74. The Labute approximate surface area is 144 Å². The van der Waals surface area contributed by atoms with E-state index in [4.69, 9.17) is 0 Å². The van der Waals surface area contributed by atoms with Crippen LogP contribution in [-0.4, -0.2) is 18.5 Å². The zero-order chi connectivity index (χ0) is 16.8. The molecule has 0 radical (unpaired) electrons. The lowest BCUT2D eigenvalue weighted by Gasteiger charge is -2.16. The first-order valence-electron chi connectivity index (χ1n) is 8.92.